The van der Waals surface area contributed by atoms with Gasteiger partial charge in [-0.25, -0.2) is 0 Å². The topological polar surface area (TPSA) is 30.2 Å². The van der Waals surface area contributed by atoms with Gasteiger partial charge in [0.15, 0.2) is 0 Å². The second kappa shape index (κ2) is 7.64. The quantitative estimate of drug-likeness (QED) is 0.482. The summed E-state index contributed by atoms with van der Waals surface area (Å²) in [5.41, 5.74) is 2.24. The average molecular weight is 391 g/mol. The zero-order valence-electron chi connectivity index (χ0n) is 16.6. The van der Waals surface area contributed by atoms with Crippen molar-refractivity contribution in [2.45, 2.75) is 32.4 Å². The van der Waals surface area contributed by atoms with Crippen LogP contribution in [0.3, 0.4) is 0 Å². The molecular formula is C24H26FN3O. The fourth-order valence-electron chi connectivity index (χ4n) is 4.80. The number of aryl methyl sites for hydroxylation is 1. The summed E-state index contributed by atoms with van der Waals surface area (Å²) in [6.07, 6.45) is 4.95. The largest absolute Gasteiger partial charge is 0.340 e. The molecule has 3 heterocycles. The van der Waals surface area contributed by atoms with E-state index in [1.54, 1.807) is 0 Å². The van der Waals surface area contributed by atoms with Crippen molar-refractivity contribution in [3.05, 3.63) is 59.0 Å². The van der Waals surface area contributed by atoms with E-state index in [4.69, 9.17) is 0 Å². The van der Waals surface area contributed by atoms with Gasteiger partial charge in [-0.2, -0.15) is 0 Å². The first-order valence-electron chi connectivity index (χ1n) is 10.6. The van der Waals surface area contributed by atoms with Crippen molar-refractivity contribution < 1.29 is 4.39 Å². The highest BCUT2D eigenvalue weighted by Gasteiger charge is 2.16. The summed E-state index contributed by atoms with van der Waals surface area (Å²) < 4.78 is 16.9. The third-order valence-corrected chi connectivity index (χ3v) is 6.26. The van der Waals surface area contributed by atoms with Crippen LogP contribution in [0.5, 0.6) is 0 Å². The highest BCUT2D eigenvalue weighted by molar-refractivity contribution is 6.20. The third kappa shape index (κ3) is 3.14. The molecule has 5 rings (SSSR count). The minimum Gasteiger partial charge on any atom is -0.340 e. The van der Waals surface area contributed by atoms with E-state index in [0.717, 1.165) is 58.8 Å². The second-order valence-corrected chi connectivity index (χ2v) is 8.00. The number of fused-ring (bicyclic) bond motifs is 5. The van der Waals surface area contributed by atoms with Gasteiger partial charge in [-0.1, -0.05) is 18.2 Å². The van der Waals surface area contributed by atoms with Crippen LogP contribution in [0.15, 0.2) is 53.5 Å². The van der Waals surface area contributed by atoms with E-state index in [1.165, 1.54) is 12.8 Å². The number of hydrogen-bond donors (Lipinski definition) is 0. The number of aromatic nitrogens is 2. The first-order chi connectivity index (χ1) is 14.3. The lowest BCUT2D eigenvalue weighted by molar-refractivity contribution is 0.321. The van der Waals surface area contributed by atoms with Gasteiger partial charge < -0.3 is 14.0 Å². The Hall–Kier alpha value is -2.66. The van der Waals surface area contributed by atoms with E-state index in [0.29, 0.717) is 13.0 Å². The molecule has 0 N–H and O–H groups in total. The molecule has 1 fully saturated rings. The van der Waals surface area contributed by atoms with Crippen molar-refractivity contribution in [1.82, 2.24) is 14.0 Å². The molecule has 0 aliphatic carbocycles. The molecule has 1 aliphatic heterocycles. The van der Waals surface area contributed by atoms with E-state index in [1.807, 2.05) is 35.0 Å². The van der Waals surface area contributed by atoms with Crippen LogP contribution < -0.4 is 5.56 Å². The number of pyridine rings is 1. The first kappa shape index (κ1) is 18.4. The Morgan fingerprint density at radius 2 is 1.66 bits per heavy atom. The molecule has 2 aromatic carbocycles. The summed E-state index contributed by atoms with van der Waals surface area (Å²) in [5.74, 6) is 0. The van der Waals surface area contributed by atoms with Crippen molar-refractivity contribution >= 4 is 32.6 Å². The summed E-state index contributed by atoms with van der Waals surface area (Å²) in [6.45, 7) is 4.24. The van der Waals surface area contributed by atoms with E-state index < -0.39 is 0 Å². The van der Waals surface area contributed by atoms with E-state index >= 15 is 0 Å². The predicted molar refractivity (Wildman–Crippen MR) is 117 cm³/mol. The fraction of sp³-hybridized carbons (Fsp3) is 0.375. The monoisotopic (exact) mass is 391 g/mol. The van der Waals surface area contributed by atoms with Crippen LogP contribution in [-0.4, -0.2) is 40.3 Å². The van der Waals surface area contributed by atoms with Gasteiger partial charge in [0.1, 0.15) is 0 Å². The molecule has 29 heavy (non-hydrogen) atoms. The lowest BCUT2D eigenvalue weighted by atomic mass is 10.1. The molecule has 0 bridgehead atoms. The van der Waals surface area contributed by atoms with Crippen molar-refractivity contribution in [1.29, 1.82) is 0 Å². The van der Waals surface area contributed by atoms with E-state index in [-0.39, 0.29) is 12.2 Å². The molecule has 0 saturated carbocycles. The molecule has 0 unspecified atom stereocenters. The van der Waals surface area contributed by atoms with Crippen molar-refractivity contribution in [2.24, 2.45) is 0 Å². The minimum absolute atomic E-state index is 0.0733. The minimum atomic E-state index is -0.330. The lowest BCUT2D eigenvalue weighted by Crippen LogP contribution is -2.28. The highest BCUT2D eigenvalue weighted by atomic mass is 19.1. The van der Waals surface area contributed by atoms with E-state index in [9.17, 15) is 9.18 Å². The normalized spacial score (nSPS) is 15.2. The number of nitrogens with zero attached hydrogens (tertiary/aromatic N) is 3. The van der Waals surface area contributed by atoms with Crippen LogP contribution in [0, 0.1) is 0 Å². The van der Waals surface area contributed by atoms with Crippen molar-refractivity contribution in [3.63, 3.8) is 0 Å². The Bertz CT molecular complexity index is 1230. The Morgan fingerprint density at radius 1 is 0.828 bits per heavy atom. The first-order valence-corrected chi connectivity index (χ1v) is 10.6. The average Bonchev–Trinajstić information content (AvgIpc) is 3.38. The van der Waals surface area contributed by atoms with Gasteiger partial charge in [-0.3, -0.25) is 9.18 Å². The fourth-order valence-corrected chi connectivity index (χ4v) is 4.80. The molecule has 4 nitrogen and oxygen atoms in total. The standard InChI is InChI=1S/C24H26FN3O/c25-11-5-14-28-21-7-2-1-6-20(21)23-18-10-15-27(17-16-26-12-3-4-13-26)24(29)19(18)8-9-22(23)28/h1-2,6-10,15H,3-5,11-14,16-17H2. The smallest absolute Gasteiger partial charge is 0.258 e. The molecule has 1 saturated heterocycles. The van der Waals surface area contributed by atoms with Crippen LogP contribution in [0.1, 0.15) is 19.3 Å². The number of rotatable bonds is 6. The van der Waals surface area contributed by atoms with Crippen LogP contribution in [0.2, 0.25) is 0 Å². The van der Waals surface area contributed by atoms with Crippen LogP contribution >= 0.6 is 0 Å². The van der Waals surface area contributed by atoms with Gasteiger partial charge in [0.05, 0.1) is 6.67 Å². The SMILES string of the molecule is O=c1c2ccc3c(c2ccn1CCN1CCCC1)c1ccccc1n3CCCF. The molecule has 5 heteroatoms. The number of likely N-dealkylation sites (tertiary alicyclic amines) is 1. The maximum atomic E-state index is 13.2. The number of benzene rings is 2. The molecule has 0 radical (unpaired) electrons. The zero-order chi connectivity index (χ0) is 19.8. The Morgan fingerprint density at radius 3 is 2.48 bits per heavy atom. The number of alkyl halides is 1. The Balaban J connectivity index is 1.64. The van der Waals surface area contributed by atoms with Crippen LogP contribution in [-0.2, 0) is 13.1 Å². The molecule has 0 atom stereocenters. The highest BCUT2D eigenvalue weighted by Crippen LogP contribution is 2.34. The third-order valence-electron chi connectivity index (χ3n) is 6.26. The number of hydrogen-bond acceptors (Lipinski definition) is 2. The van der Waals surface area contributed by atoms with Crippen molar-refractivity contribution in [2.75, 3.05) is 26.3 Å². The second-order valence-electron chi connectivity index (χ2n) is 8.00. The molecule has 0 spiro atoms. The molecule has 2 aromatic heterocycles. The molecule has 0 amide bonds. The van der Waals surface area contributed by atoms with Crippen LogP contribution in [0.25, 0.3) is 32.6 Å². The van der Waals surface area contributed by atoms with E-state index in [2.05, 4.69) is 27.7 Å². The summed E-state index contributed by atoms with van der Waals surface area (Å²) in [6, 6.07) is 14.3. The maximum Gasteiger partial charge on any atom is 0.258 e. The van der Waals surface area contributed by atoms with Gasteiger partial charge in [0, 0.05) is 53.0 Å². The van der Waals surface area contributed by atoms with Gasteiger partial charge >= 0.3 is 0 Å². The zero-order valence-corrected chi connectivity index (χ0v) is 16.6. The summed E-state index contributed by atoms with van der Waals surface area (Å²) in [5, 5.41) is 3.97. The van der Waals surface area contributed by atoms with Crippen LogP contribution in [0.4, 0.5) is 4.39 Å². The number of halogens is 1. The predicted octanol–water partition coefficient (Wildman–Crippen LogP) is 4.56. The van der Waals surface area contributed by atoms with Gasteiger partial charge in [0.25, 0.3) is 5.56 Å². The summed E-state index contributed by atoms with van der Waals surface area (Å²) in [4.78, 5) is 15.6. The number of para-hydroxylation sites is 1. The Labute approximate surface area is 169 Å². The summed E-state index contributed by atoms with van der Waals surface area (Å²) in [7, 11) is 0. The lowest BCUT2D eigenvalue weighted by Gasteiger charge is -2.15. The molecular weight excluding hydrogens is 365 g/mol. The van der Waals surface area contributed by atoms with Gasteiger partial charge in [-0.15, -0.1) is 0 Å². The van der Waals surface area contributed by atoms with Gasteiger partial charge in [0.2, 0.25) is 0 Å². The molecule has 1 aliphatic rings. The van der Waals surface area contributed by atoms with Crippen molar-refractivity contribution in [3.8, 4) is 0 Å². The molecule has 150 valence electrons. The summed E-state index contributed by atoms with van der Waals surface area (Å²) >= 11 is 0. The molecule has 4 aromatic rings. The maximum absolute atomic E-state index is 13.2. The van der Waals surface area contributed by atoms with Gasteiger partial charge in [-0.05, 0) is 62.0 Å². The Kier molecular flexibility index (Phi) is 4.84.